The third-order valence-electron chi connectivity index (χ3n) is 8.85. The molecular weight excluding hydrogens is 468 g/mol. The van der Waals surface area contributed by atoms with Crippen LogP contribution in [0.3, 0.4) is 0 Å². The van der Waals surface area contributed by atoms with Gasteiger partial charge in [-0.05, 0) is 82.9 Å². The zero-order chi connectivity index (χ0) is 26.1. The second-order valence-electron chi connectivity index (χ2n) is 11.3. The molecule has 0 heteroatoms. The Hall–Kier alpha value is -4.68. The van der Waals surface area contributed by atoms with E-state index in [0.29, 0.717) is 0 Å². The molecule has 0 saturated heterocycles. The highest BCUT2D eigenvalue weighted by Gasteiger charge is 2.36. The van der Waals surface area contributed by atoms with Crippen LogP contribution in [0, 0.1) is 0 Å². The first kappa shape index (κ1) is 22.3. The SMILES string of the molecule is CC1(C)c2ccccc2-c2c1ccc1ccc(-c3c4ccccc4c(-c4ccccc4)c4ccccc34)cc21. The van der Waals surface area contributed by atoms with Crippen LogP contribution < -0.4 is 0 Å². The van der Waals surface area contributed by atoms with Crippen molar-refractivity contribution in [3.63, 3.8) is 0 Å². The van der Waals surface area contributed by atoms with E-state index < -0.39 is 0 Å². The quantitative estimate of drug-likeness (QED) is 0.209. The minimum absolute atomic E-state index is 0.00710. The molecule has 0 aliphatic heterocycles. The zero-order valence-corrected chi connectivity index (χ0v) is 22.2. The zero-order valence-electron chi connectivity index (χ0n) is 22.2. The van der Waals surface area contributed by atoms with Crippen LogP contribution in [0.2, 0.25) is 0 Å². The molecule has 0 bridgehead atoms. The summed E-state index contributed by atoms with van der Waals surface area (Å²) < 4.78 is 0. The smallest absolute Gasteiger partial charge is 0.0159 e. The third kappa shape index (κ3) is 3.12. The van der Waals surface area contributed by atoms with Gasteiger partial charge in [-0.3, -0.25) is 0 Å². The predicted molar refractivity (Wildman–Crippen MR) is 167 cm³/mol. The molecule has 0 nitrogen and oxygen atoms in total. The Bertz CT molecular complexity index is 2020. The maximum Gasteiger partial charge on any atom is 0.0159 e. The fourth-order valence-corrected chi connectivity index (χ4v) is 7.03. The van der Waals surface area contributed by atoms with Crippen molar-refractivity contribution >= 4 is 32.3 Å². The fraction of sp³-hybridized carbons (Fsp3) is 0.0769. The Labute approximate surface area is 229 Å². The second kappa shape index (κ2) is 8.16. The molecule has 0 amide bonds. The normalized spacial score (nSPS) is 13.6. The first-order chi connectivity index (χ1) is 19.1. The van der Waals surface area contributed by atoms with Crippen LogP contribution in [-0.2, 0) is 5.41 Å². The van der Waals surface area contributed by atoms with Crippen molar-refractivity contribution in [3.8, 4) is 33.4 Å². The van der Waals surface area contributed by atoms with Gasteiger partial charge in [0.15, 0.2) is 0 Å². The minimum Gasteiger partial charge on any atom is -0.0622 e. The molecular formula is C39H28. The molecule has 1 aliphatic carbocycles. The van der Waals surface area contributed by atoms with Crippen LogP contribution in [0.15, 0.2) is 133 Å². The Morgan fingerprint density at radius 3 is 1.59 bits per heavy atom. The number of hydrogen-bond acceptors (Lipinski definition) is 0. The number of fused-ring (bicyclic) bond motifs is 7. The highest BCUT2D eigenvalue weighted by atomic mass is 14.4. The minimum atomic E-state index is -0.00710. The molecule has 7 aromatic rings. The summed E-state index contributed by atoms with van der Waals surface area (Å²) in [6.07, 6.45) is 0. The largest absolute Gasteiger partial charge is 0.0622 e. The summed E-state index contributed by atoms with van der Waals surface area (Å²) in [6, 6.07) is 49.3. The lowest BCUT2D eigenvalue weighted by molar-refractivity contribution is 0.661. The maximum absolute atomic E-state index is 2.45. The molecule has 7 aromatic carbocycles. The van der Waals surface area contributed by atoms with Crippen molar-refractivity contribution in [2.75, 3.05) is 0 Å². The van der Waals surface area contributed by atoms with Gasteiger partial charge in [0.1, 0.15) is 0 Å². The average Bonchev–Trinajstić information content (AvgIpc) is 3.23. The van der Waals surface area contributed by atoms with Crippen molar-refractivity contribution in [1.29, 1.82) is 0 Å². The number of benzene rings is 7. The third-order valence-corrected chi connectivity index (χ3v) is 8.85. The van der Waals surface area contributed by atoms with Crippen molar-refractivity contribution in [3.05, 3.63) is 145 Å². The van der Waals surface area contributed by atoms with Gasteiger partial charge in [0.25, 0.3) is 0 Å². The van der Waals surface area contributed by atoms with Gasteiger partial charge >= 0.3 is 0 Å². The highest BCUT2D eigenvalue weighted by Crippen LogP contribution is 2.52. The summed E-state index contributed by atoms with van der Waals surface area (Å²) in [7, 11) is 0. The molecule has 0 heterocycles. The van der Waals surface area contributed by atoms with Crippen LogP contribution >= 0.6 is 0 Å². The lowest BCUT2D eigenvalue weighted by Gasteiger charge is -2.21. The molecule has 0 N–H and O–H groups in total. The van der Waals surface area contributed by atoms with Crippen molar-refractivity contribution < 1.29 is 0 Å². The molecule has 0 unspecified atom stereocenters. The van der Waals surface area contributed by atoms with E-state index in [2.05, 4.69) is 147 Å². The molecule has 1 aliphatic rings. The van der Waals surface area contributed by atoms with Gasteiger partial charge in [-0.15, -0.1) is 0 Å². The van der Waals surface area contributed by atoms with E-state index in [9.17, 15) is 0 Å². The van der Waals surface area contributed by atoms with Gasteiger partial charge in [-0.2, -0.15) is 0 Å². The summed E-state index contributed by atoms with van der Waals surface area (Å²) in [5.74, 6) is 0. The maximum atomic E-state index is 2.45. The number of hydrogen-bond donors (Lipinski definition) is 0. The van der Waals surface area contributed by atoms with Gasteiger partial charge in [0, 0.05) is 5.41 Å². The van der Waals surface area contributed by atoms with Gasteiger partial charge in [0.05, 0.1) is 0 Å². The lowest BCUT2D eigenvalue weighted by Crippen LogP contribution is -2.14. The molecule has 0 radical (unpaired) electrons. The molecule has 39 heavy (non-hydrogen) atoms. The standard InChI is InChI=1S/C39H28/c1-39(2)34-19-11-10-18-32(34)38-33-24-27(21-20-25(33)22-23-35(38)39)37-30-16-8-6-14-28(30)36(26-12-4-3-5-13-26)29-15-7-9-17-31(29)37/h3-24H,1-2H3. The lowest BCUT2D eigenvalue weighted by atomic mass is 9.82. The van der Waals surface area contributed by atoms with E-state index in [0.717, 1.165) is 0 Å². The topological polar surface area (TPSA) is 0 Å². The summed E-state index contributed by atoms with van der Waals surface area (Å²) in [6.45, 7) is 4.72. The molecule has 0 fully saturated rings. The van der Waals surface area contributed by atoms with Crippen LogP contribution in [0.5, 0.6) is 0 Å². The van der Waals surface area contributed by atoms with Gasteiger partial charge in [-0.25, -0.2) is 0 Å². The summed E-state index contributed by atoms with van der Waals surface area (Å²) in [5, 5.41) is 7.80. The van der Waals surface area contributed by atoms with E-state index in [1.807, 2.05) is 0 Å². The first-order valence-electron chi connectivity index (χ1n) is 13.8. The summed E-state index contributed by atoms with van der Waals surface area (Å²) in [5.41, 5.74) is 10.7. The molecule has 0 spiro atoms. The van der Waals surface area contributed by atoms with Gasteiger partial charge < -0.3 is 0 Å². The fourth-order valence-electron chi connectivity index (χ4n) is 7.03. The van der Waals surface area contributed by atoms with Crippen LogP contribution in [0.25, 0.3) is 65.7 Å². The van der Waals surface area contributed by atoms with E-state index in [-0.39, 0.29) is 5.41 Å². The first-order valence-corrected chi connectivity index (χ1v) is 13.8. The predicted octanol–water partition coefficient (Wildman–Crippen LogP) is 10.8. The Morgan fingerprint density at radius 2 is 0.923 bits per heavy atom. The van der Waals surface area contributed by atoms with Gasteiger partial charge in [-0.1, -0.05) is 141 Å². The van der Waals surface area contributed by atoms with E-state index in [1.54, 1.807) is 0 Å². The highest BCUT2D eigenvalue weighted by molar-refractivity contribution is 6.22. The van der Waals surface area contributed by atoms with E-state index in [4.69, 9.17) is 0 Å². The van der Waals surface area contributed by atoms with Gasteiger partial charge in [0.2, 0.25) is 0 Å². The van der Waals surface area contributed by atoms with E-state index in [1.165, 1.54) is 76.8 Å². The van der Waals surface area contributed by atoms with Crippen molar-refractivity contribution in [1.82, 2.24) is 0 Å². The van der Waals surface area contributed by atoms with Crippen molar-refractivity contribution in [2.45, 2.75) is 19.3 Å². The molecule has 8 rings (SSSR count). The van der Waals surface area contributed by atoms with Crippen LogP contribution in [0.1, 0.15) is 25.0 Å². The van der Waals surface area contributed by atoms with Crippen molar-refractivity contribution in [2.24, 2.45) is 0 Å². The molecule has 184 valence electrons. The average molecular weight is 497 g/mol. The second-order valence-corrected chi connectivity index (χ2v) is 11.3. The van der Waals surface area contributed by atoms with Crippen LogP contribution in [-0.4, -0.2) is 0 Å². The molecule has 0 aromatic heterocycles. The molecule has 0 saturated carbocycles. The Morgan fingerprint density at radius 1 is 0.385 bits per heavy atom. The van der Waals surface area contributed by atoms with E-state index >= 15 is 0 Å². The van der Waals surface area contributed by atoms with Crippen LogP contribution in [0.4, 0.5) is 0 Å². The number of rotatable bonds is 2. The summed E-state index contributed by atoms with van der Waals surface area (Å²) >= 11 is 0. The molecule has 0 atom stereocenters. The Balaban J connectivity index is 1.49. The summed E-state index contributed by atoms with van der Waals surface area (Å²) in [4.78, 5) is 0. The monoisotopic (exact) mass is 496 g/mol. The Kier molecular flexibility index (Phi) is 4.67.